The second-order valence-electron chi connectivity index (χ2n) is 5.64. The van der Waals surface area contributed by atoms with Crippen molar-refractivity contribution in [3.63, 3.8) is 0 Å². The fourth-order valence-electron chi connectivity index (χ4n) is 2.38. The van der Waals surface area contributed by atoms with Gasteiger partial charge in [0.2, 0.25) is 5.95 Å². The summed E-state index contributed by atoms with van der Waals surface area (Å²) in [6.45, 7) is 2.32. The van der Waals surface area contributed by atoms with E-state index in [1.165, 1.54) is 18.2 Å². The molecule has 3 aromatic rings. The minimum atomic E-state index is -0.706. The Hall–Kier alpha value is -3.22. The monoisotopic (exact) mass is 356 g/mol. The number of aryl methyl sites for hydroxylation is 1. The highest BCUT2D eigenvalue weighted by molar-refractivity contribution is 5.56. The molecule has 0 atom stereocenters. The molecule has 0 unspecified atom stereocenters. The SMILES string of the molecule is COc1ccc(CNc2cc(C)nc(Nc3c(F)cccc3F)n2)cc1. The Labute approximate surface area is 150 Å². The molecule has 7 heteroatoms. The van der Waals surface area contributed by atoms with Gasteiger partial charge in [0, 0.05) is 18.3 Å². The Bertz CT molecular complexity index is 880. The third kappa shape index (κ3) is 4.24. The zero-order chi connectivity index (χ0) is 18.5. The van der Waals surface area contributed by atoms with Crippen molar-refractivity contribution in [3.05, 3.63) is 71.4 Å². The van der Waals surface area contributed by atoms with Gasteiger partial charge in [-0.3, -0.25) is 0 Å². The van der Waals surface area contributed by atoms with Gasteiger partial charge < -0.3 is 15.4 Å². The largest absolute Gasteiger partial charge is 0.497 e. The number of halogens is 2. The highest BCUT2D eigenvalue weighted by atomic mass is 19.1. The Balaban J connectivity index is 1.74. The summed E-state index contributed by atoms with van der Waals surface area (Å²) in [6.07, 6.45) is 0. The van der Waals surface area contributed by atoms with E-state index in [9.17, 15) is 8.78 Å². The predicted molar refractivity (Wildman–Crippen MR) is 96.7 cm³/mol. The molecule has 1 heterocycles. The van der Waals surface area contributed by atoms with Crippen LogP contribution < -0.4 is 15.4 Å². The number of benzene rings is 2. The highest BCUT2D eigenvalue weighted by Crippen LogP contribution is 2.22. The van der Waals surface area contributed by atoms with E-state index in [1.54, 1.807) is 20.1 Å². The zero-order valence-electron chi connectivity index (χ0n) is 14.4. The number of nitrogens with zero attached hydrogens (tertiary/aromatic N) is 2. The second-order valence-corrected chi connectivity index (χ2v) is 5.64. The lowest BCUT2D eigenvalue weighted by atomic mass is 10.2. The number of methoxy groups -OCH3 is 1. The molecule has 0 spiro atoms. The van der Waals surface area contributed by atoms with Crippen LogP contribution >= 0.6 is 0 Å². The Morgan fingerprint density at radius 1 is 1.00 bits per heavy atom. The van der Waals surface area contributed by atoms with E-state index in [4.69, 9.17) is 4.74 Å². The van der Waals surface area contributed by atoms with Crippen LogP contribution in [-0.2, 0) is 6.54 Å². The molecule has 2 N–H and O–H groups in total. The maximum Gasteiger partial charge on any atom is 0.229 e. The number of ether oxygens (including phenoxy) is 1. The molecule has 0 radical (unpaired) electrons. The normalized spacial score (nSPS) is 10.5. The molecule has 26 heavy (non-hydrogen) atoms. The van der Waals surface area contributed by atoms with Crippen LogP contribution in [-0.4, -0.2) is 17.1 Å². The van der Waals surface area contributed by atoms with Gasteiger partial charge in [-0.15, -0.1) is 0 Å². The van der Waals surface area contributed by atoms with Crippen molar-refractivity contribution >= 4 is 17.5 Å². The maximum absolute atomic E-state index is 13.8. The molecule has 3 rings (SSSR count). The third-order valence-electron chi connectivity index (χ3n) is 3.69. The van der Waals surface area contributed by atoms with E-state index in [0.717, 1.165) is 11.3 Å². The van der Waals surface area contributed by atoms with Crippen molar-refractivity contribution in [2.75, 3.05) is 17.7 Å². The van der Waals surface area contributed by atoms with Gasteiger partial charge in [0.15, 0.2) is 0 Å². The standard InChI is InChI=1S/C19H18F2N4O/c1-12-10-17(22-11-13-6-8-14(26-2)9-7-13)24-19(23-12)25-18-15(20)4-3-5-16(18)21/h3-10H,11H2,1-2H3,(H2,22,23,24,25). The van der Waals surface area contributed by atoms with Crippen LogP contribution in [0.5, 0.6) is 5.75 Å². The molecular formula is C19H18F2N4O. The lowest BCUT2D eigenvalue weighted by Crippen LogP contribution is -2.07. The molecule has 0 aliphatic carbocycles. The first-order valence-electron chi connectivity index (χ1n) is 7.98. The molecule has 134 valence electrons. The van der Waals surface area contributed by atoms with Crippen molar-refractivity contribution in [1.29, 1.82) is 0 Å². The minimum absolute atomic E-state index is 0.117. The molecule has 0 aliphatic rings. The van der Waals surface area contributed by atoms with E-state index in [-0.39, 0.29) is 11.6 Å². The first-order valence-corrected chi connectivity index (χ1v) is 7.98. The summed E-state index contributed by atoms with van der Waals surface area (Å²) in [5.74, 6) is 0.0366. The summed E-state index contributed by atoms with van der Waals surface area (Å²) in [5, 5.41) is 5.78. The van der Waals surface area contributed by atoms with Gasteiger partial charge in [0.25, 0.3) is 0 Å². The van der Waals surface area contributed by atoms with Gasteiger partial charge in [-0.1, -0.05) is 18.2 Å². The van der Waals surface area contributed by atoms with Crippen LogP contribution in [0.2, 0.25) is 0 Å². The summed E-state index contributed by atoms with van der Waals surface area (Å²) in [4.78, 5) is 8.45. The van der Waals surface area contributed by atoms with Gasteiger partial charge in [0.1, 0.15) is 28.9 Å². The third-order valence-corrected chi connectivity index (χ3v) is 3.69. The van der Waals surface area contributed by atoms with Gasteiger partial charge in [-0.05, 0) is 36.8 Å². The summed E-state index contributed by atoms with van der Waals surface area (Å²) >= 11 is 0. The number of anilines is 3. The van der Waals surface area contributed by atoms with E-state index in [1.807, 2.05) is 24.3 Å². The van der Waals surface area contributed by atoms with Crippen LogP contribution in [0.1, 0.15) is 11.3 Å². The number of hydrogen-bond acceptors (Lipinski definition) is 5. The number of aromatic nitrogens is 2. The molecule has 2 aromatic carbocycles. The molecule has 0 saturated heterocycles. The van der Waals surface area contributed by atoms with Crippen molar-refractivity contribution in [3.8, 4) is 5.75 Å². The quantitative estimate of drug-likeness (QED) is 0.684. The van der Waals surface area contributed by atoms with Crippen molar-refractivity contribution in [1.82, 2.24) is 9.97 Å². The smallest absolute Gasteiger partial charge is 0.229 e. The number of nitrogens with one attached hydrogen (secondary N) is 2. The molecule has 0 bridgehead atoms. The second kappa shape index (κ2) is 7.77. The van der Waals surface area contributed by atoms with Crippen LogP contribution in [0.4, 0.5) is 26.2 Å². The maximum atomic E-state index is 13.8. The first-order chi connectivity index (χ1) is 12.5. The Morgan fingerprint density at radius 2 is 1.69 bits per heavy atom. The first kappa shape index (κ1) is 17.6. The van der Waals surface area contributed by atoms with Crippen LogP contribution in [0.3, 0.4) is 0 Å². The molecule has 1 aromatic heterocycles. The lowest BCUT2D eigenvalue weighted by molar-refractivity contribution is 0.414. The molecule has 0 fully saturated rings. The topological polar surface area (TPSA) is 59.1 Å². The fraction of sp³-hybridized carbons (Fsp3) is 0.158. The van der Waals surface area contributed by atoms with Gasteiger partial charge in [-0.25, -0.2) is 13.8 Å². The Kier molecular flexibility index (Phi) is 5.26. The molecule has 5 nitrogen and oxygen atoms in total. The van der Waals surface area contributed by atoms with Gasteiger partial charge in [0.05, 0.1) is 7.11 Å². The number of hydrogen-bond donors (Lipinski definition) is 2. The highest BCUT2D eigenvalue weighted by Gasteiger charge is 2.11. The molecule has 0 saturated carbocycles. The number of rotatable bonds is 6. The van der Waals surface area contributed by atoms with E-state index in [0.29, 0.717) is 18.1 Å². The van der Waals surface area contributed by atoms with Crippen LogP contribution in [0.25, 0.3) is 0 Å². The van der Waals surface area contributed by atoms with Gasteiger partial charge in [-0.2, -0.15) is 4.98 Å². The van der Waals surface area contributed by atoms with Gasteiger partial charge >= 0.3 is 0 Å². The van der Waals surface area contributed by atoms with E-state index < -0.39 is 11.6 Å². The van der Waals surface area contributed by atoms with Crippen LogP contribution in [0.15, 0.2) is 48.5 Å². The number of para-hydroxylation sites is 1. The molecule has 0 aliphatic heterocycles. The zero-order valence-corrected chi connectivity index (χ0v) is 14.4. The fourth-order valence-corrected chi connectivity index (χ4v) is 2.38. The molecular weight excluding hydrogens is 338 g/mol. The summed E-state index contributed by atoms with van der Waals surface area (Å²) < 4.78 is 32.7. The Morgan fingerprint density at radius 3 is 2.35 bits per heavy atom. The summed E-state index contributed by atoms with van der Waals surface area (Å²) in [6, 6.07) is 13.0. The minimum Gasteiger partial charge on any atom is -0.497 e. The average Bonchev–Trinajstić information content (AvgIpc) is 2.63. The van der Waals surface area contributed by atoms with E-state index in [2.05, 4.69) is 20.6 Å². The lowest BCUT2D eigenvalue weighted by Gasteiger charge is -2.11. The predicted octanol–water partition coefficient (Wildman–Crippen LogP) is 4.43. The van der Waals surface area contributed by atoms with Crippen LogP contribution in [0, 0.1) is 18.6 Å². The summed E-state index contributed by atoms with van der Waals surface area (Å²) in [5.41, 5.74) is 1.42. The van der Waals surface area contributed by atoms with Crippen molar-refractivity contribution in [2.24, 2.45) is 0 Å². The molecule has 0 amide bonds. The average molecular weight is 356 g/mol. The van der Waals surface area contributed by atoms with E-state index >= 15 is 0 Å². The van der Waals surface area contributed by atoms with Crippen molar-refractivity contribution < 1.29 is 13.5 Å². The van der Waals surface area contributed by atoms with Crippen molar-refractivity contribution in [2.45, 2.75) is 13.5 Å². The summed E-state index contributed by atoms with van der Waals surface area (Å²) in [7, 11) is 1.61.